The van der Waals surface area contributed by atoms with Crippen LogP contribution >= 0.6 is 11.6 Å². The zero-order valence-electron chi connectivity index (χ0n) is 12.6. The Labute approximate surface area is 132 Å². The van der Waals surface area contributed by atoms with Crippen LogP contribution in [0.5, 0.6) is 0 Å². The smallest absolute Gasteiger partial charge is 0.244 e. The minimum atomic E-state index is -3.38. The summed E-state index contributed by atoms with van der Waals surface area (Å²) in [5, 5.41) is 0. The summed E-state index contributed by atoms with van der Waals surface area (Å²) in [6.45, 7) is 4.76. The molecule has 2 aliphatic rings. The maximum absolute atomic E-state index is 13.0. The maximum atomic E-state index is 13.0. The Balaban J connectivity index is 1.92. The highest BCUT2D eigenvalue weighted by Crippen LogP contribution is 2.38. The molecule has 0 spiro atoms. The normalized spacial score (nSPS) is 19.7. The molecule has 2 aliphatic carbocycles. The molecule has 21 heavy (non-hydrogen) atoms. The average molecular weight is 331 g/mol. The highest BCUT2D eigenvalue weighted by Gasteiger charge is 2.41. The van der Waals surface area contributed by atoms with Crippen LogP contribution in [0.2, 0.25) is 0 Å². The lowest BCUT2D eigenvalue weighted by atomic mass is 10.4. The molecule has 1 aromatic rings. The molecule has 0 bridgehead atoms. The molecule has 3 rings (SSSR count). The van der Waals surface area contributed by atoms with Crippen LogP contribution in [-0.4, -0.2) is 29.9 Å². The monoisotopic (exact) mass is 330 g/mol. The van der Waals surface area contributed by atoms with Gasteiger partial charge in [0.15, 0.2) is 0 Å². The molecule has 0 N–H and O–H groups in total. The van der Waals surface area contributed by atoms with Crippen molar-refractivity contribution in [1.29, 1.82) is 0 Å². The van der Waals surface area contributed by atoms with Gasteiger partial charge in [-0.25, -0.2) is 8.42 Å². The van der Waals surface area contributed by atoms with Crippen LogP contribution in [0, 0.1) is 5.92 Å². The van der Waals surface area contributed by atoms with Crippen molar-refractivity contribution < 1.29 is 8.42 Å². The number of alkyl halides is 1. The Morgan fingerprint density at radius 2 is 2.00 bits per heavy atom. The first kappa shape index (κ1) is 15.4. The summed E-state index contributed by atoms with van der Waals surface area (Å²) in [4.78, 5) is 0.402. The van der Waals surface area contributed by atoms with Crippen molar-refractivity contribution in [3.05, 3.63) is 18.0 Å². The third-order valence-electron chi connectivity index (χ3n) is 4.30. The van der Waals surface area contributed by atoms with Gasteiger partial charge in [-0.2, -0.15) is 4.31 Å². The predicted molar refractivity (Wildman–Crippen MR) is 84.0 cm³/mol. The number of hydrogen-bond donors (Lipinski definition) is 0. The molecule has 0 amide bonds. The second-order valence-corrected chi connectivity index (χ2v) is 8.71. The van der Waals surface area contributed by atoms with E-state index in [-0.39, 0.29) is 12.1 Å². The van der Waals surface area contributed by atoms with Crippen molar-refractivity contribution in [1.82, 2.24) is 8.87 Å². The van der Waals surface area contributed by atoms with Gasteiger partial charge in [-0.3, -0.25) is 0 Å². The topological polar surface area (TPSA) is 42.3 Å². The van der Waals surface area contributed by atoms with Crippen LogP contribution in [0.15, 0.2) is 17.2 Å². The quantitative estimate of drug-likeness (QED) is 0.719. The summed E-state index contributed by atoms with van der Waals surface area (Å²) in [5.74, 6) is 0.903. The van der Waals surface area contributed by atoms with E-state index in [9.17, 15) is 8.42 Å². The van der Waals surface area contributed by atoms with Crippen molar-refractivity contribution >= 4 is 21.6 Å². The van der Waals surface area contributed by atoms with Gasteiger partial charge in [0, 0.05) is 30.5 Å². The fraction of sp³-hybridized carbons (Fsp3) is 0.733. The SMILES string of the molecule is CC(C)n1cc(S(=O)(=O)N(CC2CC2)C2CC2)cc1CCl. The van der Waals surface area contributed by atoms with Gasteiger partial charge in [0.1, 0.15) is 4.90 Å². The molecule has 0 saturated heterocycles. The van der Waals surface area contributed by atoms with Crippen molar-refractivity contribution in [3.8, 4) is 0 Å². The summed E-state index contributed by atoms with van der Waals surface area (Å²) < 4.78 is 29.6. The van der Waals surface area contributed by atoms with Crippen LogP contribution in [0.3, 0.4) is 0 Å². The maximum Gasteiger partial charge on any atom is 0.244 e. The third kappa shape index (κ3) is 3.15. The number of halogens is 1. The van der Waals surface area contributed by atoms with E-state index in [2.05, 4.69) is 0 Å². The average Bonchev–Trinajstić information content (AvgIpc) is 3.33. The highest BCUT2D eigenvalue weighted by molar-refractivity contribution is 7.89. The first-order valence-electron chi connectivity index (χ1n) is 7.72. The van der Waals surface area contributed by atoms with E-state index >= 15 is 0 Å². The van der Waals surface area contributed by atoms with Crippen LogP contribution < -0.4 is 0 Å². The molecular formula is C15H23ClN2O2S. The van der Waals surface area contributed by atoms with Crippen LogP contribution in [0.25, 0.3) is 0 Å². The van der Waals surface area contributed by atoms with Gasteiger partial charge in [0.25, 0.3) is 0 Å². The number of nitrogens with zero attached hydrogens (tertiary/aromatic N) is 2. The molecule has 0 aromatic carbocycles. The predicted octanol–water partition coefficient (Wildman–Crippen LogP) is 3.37. The van der Waals surface area contributed by atoms with Gasteiger partial charge >= 0.3 is 0 Å². The molecule has 4 nitrogen and oxygen atoms in total. The molecular weight excluding hydrogens is 308 g/mol. The molecule has 1 heterocycles. The molecule has 118 valence electrons. The van der Waals surface area contributed by atoms with Crippen molar-refractivity contribution in [3.63, 3.8) is 0 Å². The van der Waals surface area contributed by atoms with Gasteiger partial charge in [0.05, 0.1) is 5.88 Å². The molecule has 0 atom stereocenters. The molecule has 2 fully saturated rings. The number of sulfonamides is 1. The van der Waals surface area contributed by atoms with Crippen LogP contribution in [-0.2, 0) is 15.9 Å². The second-order valence-electron chi connectivity index (χ2n) is 6.55. The van der Waals surface area contributed by atoms with Crippen LogP contribution in [0.4, 0.5) is 0 Å². The van der Waals surface area contributed by atoms with Gasteiger partial charge in [-0.1, -0.05) is 0 Å². The standard InChI is InChI=1S/C15H23ClN2O2S/c1-11(2)17-10-15(7-14(17)8-16)21(19,20)18(13-5-6-13)9-12-3-4-12/h7,10-13H,3-6,8-9H2,1-2H3. The minimum Gasteiger partial charge on any atom is -0.346 e. The highest BCUT2D eigenvalue weighted by atomic mass is 35.5. The molecule has 0 unspecified atom stereocenters. The van der Waals surface area contributed by atoms with Gasteiger partial charge in [0.2, 0.25) is 10.0 Å². The molecule has 0 radical (unpaired) electrons. The van der Waals surface area contributed by atoms with Gasteiger partial charge < -0.3 is 4.57 Å². The Morgan fingerprint density at radius 1 is 1.33 bits per heavy atom. The number of aromatic nitrogens is 1. The summed E-state index contributed by atoms with van der Waals surface area (Å²) in [7, 11) is -3.38. The molecule has 6 heteroatoms. The van der Waals surface area contributed by atoms with E-state index in [4.69, 9.17) is 11.6 Å². The molecule has 1 aromatic heterocycles. The number of rotatable bonds is 7. The lowest BCUT2D eigenvalue weighted by Gasteiger charge is -2.21. The summed E-state index contributed by atoms with van der Waals surface area (Å²) in [6, 6.07) is 2.17. The summed E-state index contributed by atoms with van der Waals surface area (Å²) in [5.41, 5.74) is 0.868. The second kappa shape index (κ2) is 5.60. The largest absolute Gasteiger partial charge is 0.346 e. The third-order valence-corrected chi connectivity index (χ3v) is 6.45. The van der Waals surface area contributed by atoms with Gasteiger partial charge in [-0.05, 0) is 51.5 Å². The Kier molecular flexibility index (Phi) is 4.10. The molecule has 2 saturated carbocycles. The lowest BCUT2D eigenvalue weighted by molar-refractivity contribution is 0.388. The van der Waals surface area contributed by atoms with E-state index in [1.54, 1.807) is 16.6 Å². The lowest BCUT2D eigenvalue weighted by Crippen LogP contribution is -2.34. The fourth-order valence-electron chi connectivity index (χ4n) is 2.72. The fourth-order valence-corrected chi connectivity index (χ4v) is 4.75. The first-order valence-corrected chi connectivity index (χ1v) is 9.69. The minimum absolute atomic E-state index is 0.209. The zero-order valence-corrected chi connectivity index (χ0v) is 14.2. The van der Waals surface area contributed by atoms with Crippen molar-refractivity contribution in [2.75, 3.05) is 6.54 Å². The molecule has 0 aliphatic heterocycles. The Hall–Kier alpha value is -0.520. The van der Waals surface area contributed by atoms with Gasteiger partial charge in [-0.15, -0.1) is 11.6 Å². The Morgan fingerprint density at radius 3 is 2.43 bits per heavy atom. The number of hydrogen-bond acceptors (Lipinski definition) is 2. The first-order chi connectivity index (χ1) is 9.93. The van der Waals surface area contributed by atoms with E-state index in [0.717, 1.165) is 18.5 Å². The van der Waals surface area contributed by atoms with Crippen molar-refractivity contribution in [2.45, 2.75) is 62.4 Å². The van der Waals surface area contributed by atoms with Crippen molar-refractivity contribution in [2.24, 2.45) is 5.92 Å². The van der Waals surface area contributed by atoms with E-state index in [1.165, 1.54) is 12.8 Å². The summed E-state index contributed by atoms with van der Waals surface area (Å²) >= 11 is 5.96. The van der Waals surface area contributed by atoms with E-state index in [0.29, 0.717) is 23.2 Å². The Bertz CT molecular complexity index is 616. The van der Waals surface area contributed by atoms with Crippen LogP contribution in [0.1, 0.15) is 51.3 Å². The summed E-state index contributed by atoms with van der Waals surface area (Å²) in [6.07, 6.45) is 6.08. The zero-order chi connectivity index (χ0) is 15.2. The van der Waals surface area contributed by atoms with E-state index < -0.39 is 10.0 Å². The van der Waals surface area contributed by atoms with E-state index in [1.807, 2.05) is 18.4 Å².